The van der Waals surface area contributed by atoms with Crippen molar-refractivity contribution < 1.29 is 14.3 Å². The van der Waals surface area contributed by atoms with E-state index in [-0.39, 0.29) is 29.1 Å². The summed E-state index contributed by atoms with van der Waals surface area (Å²) in [5, 5.41) is 0. The maximum absolute atomic E-state index is 12.8. The zero-order valence-corrected chi connectivity index (χ0v) is 18.9. The number of fused-ring (bicyclic) bond motifs is 1. The molecule has 1 aliphatic carbocycles. The van der Waals surface area contributed by atoms with Gasteiger partial charge in [-0.05, 0) is 60.4 Å². The number of carbonyl (C=O) groups excluding carboxylic acids is 2. The van der Waals surface area contributed by atoms with Crippen LogP contribution in [0.2, 0.25) is 0 Å². The van der Waals surface area contributed by atoms with E-state index < -0.39 is 0 Å². The zero-order valence-electron chi connectivity index (χ0n) is 18.9. The summed E-state index contributed by atoms with van der Waals surface area (Å²) < 4.78 is 6.02. The lowest BCUT2D eigenvalue weighted by atomic mass is 9.78. The number of allylic oxidation sites excluding steroid dienone is 2. The minimum atomic E-state index is -0.225. The molecule has 4 heteroatoms. The van der Waals surface area contributed by atoms with Crippen molar-refractivity contribution in [2.75, 3.05) is 4.90 Å². The van der Waals surface area contributed by atoms with Gasteiger partial charge in [0.2, 0.25) is 11.8 Å². The lowest BCUT2D eigenvalue weighted by Gasteiger charge is -2.26. The molecule has 0 spiro atoms. The molecular formula is C29H27NO3. The molecule has 1 heterocycles. The Labute approximate surface area is 194 Å². The highest BCUT2D eigenvalue weighted by Gasteiger charge is 2.47. The monoisotopic (exact) mass is 437 g/mol. The van der Waals surface area contributed by atoms with E-state index >= 15 is 0 Å². The van der Waals surface area contributed by atoms with Gasteiger partial charge in [0.25, 0.3) is 0 Å². The molecule has 0 bridgehead atoms. The minimum Gasteiger partial charge on any atom is -0.457 e. The maximum Gasteiger partial charge on any atom is 0.238 e. The molecule has 0 radical (unpaired) electrons. The van der Waals surface area contributed by atoms with Crippen molar-refractivity contribution in [3.8, 4) is 11.5 Å². The van der Waals surface area contributed by atoms with Gasteiger partial charge in [0, 0.05) is 5.41 Å². The number of imide groups is 1. The number of benzene rings is 3. The van der Waals surface area contributed by atoms with Crippen LogP contribution in [0.15, 0.2) is 91.0 Å². The summed E-state index contributed by atoms with van der Waals surface area (Å²) in [5.74, 6) is 0.751. The molecule has 166 valence electrons. The van der Waals surface area contributed by atoms with Gasteiger partial charge in [-0.1, -0.05) is 68.5 Å². The van der Waals surface area contributed by atoms with Gasteiger partial charge in [-0.15, -0.1) is 0 Å². The molecule has 1 fully saturated rings. The largest absolute Gasteiger partial charge is 0.457 e. The topological polar surface area (TPSA) is 46.6 Å². The smallest absolute Gasteiger partial charge is 0.238 e. The van der Waals surface area contributed by atoms with Gasteiger partial charge in [-0.25, -0.2) is 0 Å². The first kappa shape index (κ1) is 21.2. The highest BCUT2D eigenvalue weighted by atomic mass is 16.5. The highest BCUT2D eigenvalue weighted by molar-refractivity contribution is 6.22. The van der Waals surface area contributed by atoms with E-state index in [1.165, 1.54) is 16.0 Å². The molecule has 3 aromatic rings. The Balaban J connectivity index is 1.29. The van der Waals surface area contributed by atoms with Gasteiger partial charge < -0.3 is 4.74 Å². The Morgan fingerprint density at radius 1 is 0.697 bits per heavy atom. The minimum absolute atomic E-state index is 0.0976. The van der Waals surface area contributed by atoms with E-state index in [0.29, 0.717) is 24.3 Å². The number of hydrogen-bond acceptors (Lipinski definition) is 3. The number of nitrogens with zero attached hydrogens (tertiary/aromatic N) is 1. The second-order valence-electron chi connectivity index (χ2n) is 9.28. The Hall–Kier alpha value is -3.66. The predicted octanol–water partition coefficient (Wildman–Crippen LogP) is 6.26. The Bertz CT molecular complexity index is 1170. The molecule has 5 rings (SSSR count). The average molecular weight is 438 g/mol. The summed E-state index contributed by atoms with van der Waals surface area (Å²) >= 11 is 0. The molecule has 4 nitrogen and oxygen atoms in total. The van der Waals surface area contributed by atoms with E-state index in [1.54, 1.807) is 24.3 Å². The number of carbonyl (C=O) groups is 2. The van der Waals surface area contributed by atoms with Crippen LogP contribution < -0.4 is 9.64 Å². The predicted molar refractivity (Wildman–Crippen MR) is 129 cm³/mol. The molecule has 3 aromatic carbocycles. The Morgan fingerprint density at radius 2 is 1.18 bits per heavy atom. The van der Waals surface area contributed by atoms with Crippen LogP contribution in [0.25, 0.3) is 0 Å². The first-order valence-electron chi connectivity index (χ1n) is 11.4. The molecule has 0 N–H and O–H groups in total. The Kier molecular flexibility index (Phi) is 5.37. The lowest BCUT2D eigenvalue weighted by molar-refractivity contribution is -0.122. The summed E-state index contributed by atoms with van der Waals surface area (Å²) in [4.78, 5) is 26.9. The fourth-order valence-corrected chi connectivity index (χ4v) is 4.82. The first-order valence-corrected chi connectivity index (χ1v) is 11.4. The van der Waals surface area contributed by atoms with E-state index in [2.05, 4.69) is 50.2 Å². The summed E-state index contributed by atoms with van der Waals surface area (Å²) in [6.45, 7) is 4.42. The van der Waals surface area contributed by atoms with Gasteiger partial charge in [-0.3, -0.25) is 14.5 Å². The number of amides is 2. The van der Waals surface area contributed by atoms with Crippen LogP contribution in [0.4, 0.5) is 5.69 Å². The third-order valence-corrected chi connectivity index (χ3v) is 6.91. The highest BCUT2D eigenvalue weighted by Crippen LogP contribution is 2.38. The molecule has 2 unspecified atom stereocenters. The SMILES string of the molecule is CC(C)(c1ccccc1)c1ccc(Oc2ccc(N3C(=O)C4CC=CCC4C3=O)cc2)cc1. The van der Waals surface area contributed by atoms with Crippen LogP contribution in [0.1, 0.15) is 37.8 Å². The summed E-state index contributed by atoms with van der Waals surface area (Å²) in [5.41, 5.74) is 2.96. The van der Waals surface area contributed by atoms with E-state index in [4.69, 9.17) is 4.74 Å². The molecule has 2 aliphatic rings. The molecule has 0 aromatic heterocycles. The van der Waals surface area contributed by atoms with Crippen molar-refractivity contribution in [3.05, 3.63) is 102 Å². The van der Waals surface area contributed by atoms with Gasteiger partial charge in [0.1, 0.15) is 11.5 Å². The third-order valence-electron chi connectivity index (χ3n) is 6.91. The zero-order chi connectivity index (χ0) is 23.0. The quantitative estimate of drug-likeness (QED) is 0.350. The lowest BCUT2D eigenvalue weighted by Crippen LogP contribution is -2.30. The van der Waals surface area contributed by atoms with Crippen molar-refractivity contribution in [3.63, 3.8) is 0 Å². The third kappa shape index (κ3) is 3.86. The molecule has 1 aliphatic heterocycles. The van der Waals surface area contributed by atoms with Gasteiger partial charge in [0.05, 0.1) is 17.5 Å². The fourth-order valence-electron chi connectivity index (χ4n) is 4.82. The summed E-state index contributed by atoms with van der Waals surface area (Å²) in [6.07, 6.45) is 5.28. The van der Waals surface area contributed by atoms with Crippen LogP contribution in [0.3, 0.4) is 0 Å². The fraction of sp³-hybridized carbons (Fsp3) is 0.241. The van der Waals surface area contributed by atoms with Gasteiger partial charge in [0.15, 0.2) is 0 Å². The normalized spacial score (nSPS) is 20.1. The van der Waals surface area contributed by atoms with E-state index in [9.17, 15) is 9.59 Å². The van der Waals surface area contributed by atoms with Crippen LogP contribution >= 0.6 is 0 Å². The number of ether oxygens (including phenoxy) is 1. The van der Waals surface area contributed by atoms with Crippen molar-refractivity contribution >= 4 is 17.5 Å². The summed E-state index contributed by atoms with van der Waals surface area (Å²) in [7, 11) is 0. The van der Waals surface area contributed by atoms with Gasteiger partial charge in [-0.2, -0.15) is 0 Å². The number of hydrogen-bond donors (Lipinski definition) is 0. The second kappa shape index (κ2) is 8.36. The van der Waals surface area contributed by atoms with Crippen LogP contribution in [0, 0.1) is 11.8 Å². The number of rotatable bonds is 5. The molecule has 1 saturated heterocycles. The maximum atomic E-state index is 12.8. The van der Waals surface area contributed by atoms with E-state index in [1.807, 2.05) is 30.4 Å². The van der Waals surface area contributed by atoms with Crippen molar-refractivity contribution in [1.29, 1.82) is 0 Å². The standard InChI is InChI=1S/C29H27NO3/c1-29(2,20-8-4-3-5-9-20)21-12-16-23(17-13-21)33-24-18-14-22(15-19-24)30-27(31)25-10-6-7-11-26(25)28(30)32/h3-9,12-19,25-26H,10-11H2,1-2H3. The van der Waals surface area contributed by atoms with Crippen LogP contribution in [-0.2, 0) is 15.0 Å². The second-order valence-corrected chi connectivity index (χ2v) is 9.28. The van der Waals surface area contributed by atoms with Crippen molar-refractivity contribution in [2.45, 2.75) is 32.1 Å². The molecular weight excluding hydrogens is 410 g/mol. The van der Waals surface area contributed by atoms with Crippen LogP contribution in [0.5, 0.6) is 11.5 Å². The molecule has 33 heavy (non-hydrogen) atoms. The van der Waals surface area contributed by atoms with E-state index in [0.717, 1.165) is 5.75 Å². The van der Waals surface area contributed by atoms with Crippen molar-refractivity contribution in [1.82, 2.24) is 0 Å². The average Bonchev–Trinajstić information content (AvgIpc) is 3.11. The summed E-state index contributed by atoms with van der Waals surface area (Å²) in [6, 6.07) is 25.7. The van der Waals surface area contributed by atoms with Crippen LogP contribution in [-0.4, -0.2) is 11.8 Å². The first-order chi connectivity index (χ1) is 15.9. The number of anilines is 1. The van der Waals surface area contributed by atoms with Gasteiger partial charge >= 0.3 is 0 Å². The molecule has 2 atom stereocenters. The van der Waals surface area contributed by atoms with Crippen molar-refractivity contribution in [2.24, 2.45) is 11.8 Å². The Morgan fingerprint density at radius 3 is 1.73 bits per heavy atom. The molecule has 2 amide bonds. The molecule has 0 saturated carbocycles.